The number of hydrogen-bond acceptors (Lipinski definition) is 6. The average molecular weight is 487 g/mol. The fraction of sp³-hybridized carbons (Fsp3) is 0.524. The Morgan fingerprint density at radius 1 is 1.32 bits per heavy atom. The normalized spacial score (nSPS) is 20.1. The van der Waals surface area contributed by atoms with Crippen molar-refractivity contribution in [2.75, 3.05) is 36.2 Å². The van der Waals surface area contributed by atoms with Crippen molar-refractivity contribution in [3.63, 3.8) is 0 Å². The van der Waals surface area contributed by atoms with Crippen molar-refractivity contribution < 1.29 is 13.6 Å². The Bertz CT molecular complexity index is 926. The van der Waals surface area contributed by atoms with Crippen LogP contribution >= 0.6 is 34.9 Å². The van der Waals surface area contributed by atoms with E-state index in [0.717, 1.165) is 35.0 Å². The first-order chi connectivity index (χ1) is 14.8. The van der Waals surface area contributed by atoms with Crippen molar-refractivity contribution in [2.24, 2.45) is 0 Å². The van der Waals surface area contributed by atoms with Gasteiger partial charge in [0.2, 0.25) is 0 Å². The van der Waals surface area contributed by atoms with E-state index in [1.807, 2.05) is 24.0 Å². The van der Waals surface area contributed by atoms with Gasteiger partial charge in [-0.2, -0.15) is 0 Å². The molecule has 2 aromatic rings. The van der Waals surface area contributed by atoms with Gasteiger partial charge in [0.25, 0.3) is 11.8 Å². The number of thiazole rings is 1. The molecule has 2 fully saturated rings. The molecule has 4 rings (SSSR count). The highest BCUT2D eigenvalue weighted by atomic mass is 35.5. The molecule has 0 spiro atoms. The van der Waals surface area contributed by atoms with Crippen LogP contribution in [0.5, 0.6) is 0 Å². The molecule has 1 N–H and O–H groups in total. The number of rotatable bonds is 6. The summed E-state index contributed by atoms with van der Waals surface area (Å²) in [6.45, 7) is 3.76. The maximum absolute atomic E-state index is 13.7. The number of aryl methyl sites for hydroxylation is 1. The summed E-state index contributed by atoms with van der Waals surface area (Å²) in [6.07, 6.45) is 0.791. The fourth-order valence-corrected chi connectivity index (χ4v) is 6.16. The number of halogens is 3. The second-order valence-corrected chi connectivity index (χ2v) is 10.3. The van der Waals surface area contributed by atoms with Crippen molar-refractivity contribution in [2.45, 2.75) is 38.2 Å². The molecule has 10 heteroatoms. The zero-order valence-corrected chi connectivity index (χ0v) is 19.6. The second kappa shape index (κ2) is 9.60. The molecule has 2 aliphatic rings. The fourth-order valence-electron chi connectivity index (χ4n) is 3.96. The maximum atomic E-state index is 13.7. The number of aromatic nitrogens is 1. The van der Waals surface area contributed by atoms with Crippen LogP contribution in [-0.4, -0.2) is 53.6 Å². The number of carbonyl (C=O) groups excluding carboxylic acids is 1. The first kappa shape index (κ1) is 22.8. The summed E-state index contributed by atoms with van der Waals surface area (Å²) in [7, 11) is 0. The van der Waals surface area contributed by atoms with Gasteiger partial charge in [0.15, 0.2) is 0 Å². The number of benzene rings is 1. The number of hydrogen-bond donors (Lipinski definition) is 1. The van der Waals surface area contributed by atoms with Gasteiger partial charge in [-0.15, -0.1) is 11.3 Å². The Morgan fingerprint density at radius 2 is 2.10 bits per heavy atom. The highest BCUT2D eigenvalue weighted by Crippen LogP contribution is 2.35. The quantitative estimate of drug-likeness (QED) is 0.571. The molecule has 1 amide bonds. The maximum Gasteiger partial charge on any atom is 0.252 e. The number of anilines is 1. The van der Waals surface area contributed by atoms with Gasteiger partial charge in [0.05, 0.1) is 27.8 Å². The number of likely N-dealkylation sites (tertiary alicyclic amines) is 1. The summed E-state index contributed by atoms with van der Waals surface area (Å²) in [4.78, 5) is 20.2. The molecule has 168 valence electrons. The summed E-state index contributed by atoms with van der Waals surface area (Å²) in [5, 5.41) is 3.38. The van der Waals surface area contributed by atoms with Crippen molar-refractivity contribution >= 4 is 46.5 Å². The van der Waals surface area contributed by atoms with Crippen molar-refractivity contribution in [3.8, 4) is 0 Å². The zero-order valence-electron chi connectivity index (χ0n) is 17.2. The van der Waals surface area contributed by atoms with Crippen LogP contribution in [0.15, 0.2) is 23.7 Å². The third-order valence-corrected chi connectivity index (χ3v) is 8.27. The molecule has 1 aromatic heterocycles. The van der Waals surface area contributed by atoms with Crippen molar-refractivity contribution in [3.05, 3.63) is 44.9 Å². The lowest BCUT2D eigenvalue weighted by molar-refractivity contribution is -0.0629. The van der Waals surface area contributed by atoms with Gasteiger partial charge in [0, 0.05) is 55.3 Å². The van der Waals surface area contributed by atoms with Crippen LogP contribution in [0.3, 0.4) is 0 Å². The molecule has 5 nitrogen and oxygen atoms in total. The van der Waals surface area contributed by atoms with Crippen molar-refractivity contribution in [1.29, 1.82) is 0 Å². The Morgan fingerprint density at radius 3 is 2.71 bits per heavy atom. The van der Waals surface area contributed by atoms with Crippen LogP contribution in [-0.2, 0) is 0 Å². The van der Waals surface area contributed by atoms with Gasteiger partial charge in [0.1, 0.15) is 0 Å². The molecular formula is C21H25ClF2N4OS2. The predicted octanol–water partition coefficient (Wildman–Crippen LogP) is 5.17. The van der Waals surface area contributed by atoms with E-state index in [1.165, 1.54) is 11.3 Å². The molecule has 0 bridgehead atoms. The van der Waals surface area contributed by atoms with Crippen LogP contribution in [0.2, 0.25) is 5.02 Å². The number of carbonyl (C=O) groups is 1. The monoisotopic (exact) mass is 486 g/mol. The van der Waals surface area contributed by atoms with Gasteiger partial charge in [-0.05, 0) is 43.5 Å². The van der Waals surface area contributed by atoms with E-state index in [1.54, 1.807) is 23.5 Å². The lowest BCUT2D eigenvalue weighted by Crippen LogP contribution is -2.45. The van der Waals surface area contributed by atoms with E-state index in [0.29, 0.717) is 17.1 Å². The van der Waals surface area contributed by atoms with Crippen molar-refractivity contribution in [1.82, 2.24) is 15.2 Å². The molecule has 2 aliphatic heterocycles. The van der Waals surface area contributed by atoms with Crippen LogP contribution < -0.4 is 9.62 Å². The number of amides is 1. The van der Waals surface area contributed by atoms with E-state index < -0.39 is 5.92 Å². The third kappa shape index (κ3) is 5.32. The van der Waals surface area contributed by atoms with E-state index in [2.05, 4.69) is 14.6 Å². The molecular weight excluding hydrogens is 462 g/mol. The topological polar surface area (TPSA) is 48.5 Å². The van der Waals surface area contributed by atoms with Gasteiger partial charge >= 0.3 is 0 Å². The Labute approximate surface area is 194 Å². The minimum Gasteiger partial charge on any atom is -0.350 e. The smallest absolute Gasteiger partial charge is 0.252 e. The molecule has 0 saturated carbocycles. The number of nitrogens with zero attached hydrogens (tertiary/aromatic N) is 3. The molecule has 1 unspecified atom stereocenters. The summed E-state index contributed by atoms with van der Waals surface area (Å²) in [5.74, 6) is -1.79. The minimum atomic E-state index is -2.62. The van der Waals surface area contributed by atoms with Crippen LogP contribution in [0, 0.1) is 6.92 Å². The third-order valence-electron chi connectivity index (χ3n) is 5.75. The lowest BCUT2D eigenvalue weighted by atomic mass is 10.0. The van der Waals surface area contributed by atoms with E-state index in [4.69, 9.17) is 11.6 Å². The molecule has 1 atom stereocenters. The Hall–Kier alpha value is -1.42. The first-order valence-corrected chi connectivity index (χ1v) is 12.5. The molecule has 0 aliphatic carbocycles. The van der Waals surface area contributed by atoms with Crippen LogP contribution in [0.1, 0.15) is 46.2 Å². The Kier molecular flexibility index (Phi) is 7.05. The number of alkyl halides is 2. The highest BCUT2D eigenvalue weighted by Gasteiger charge is 2.37. The molecule has 31 heavy (non-hydrogen) atoms. The lowest BCUT2D eigenvalue weighted by Gasteiger charge is -2.37. The molecule has 0 radical (unpaired) electrons. The van der Waals surface area contributed by atoms with E-state index >= 15 is 0 Å². The highest BCUT2D eigenvalue weighted by molar-refractivity contribution is 8.00. The zero-order chi connectivity index (χ0) is 22.0. The van der Waals surface area contributed by atoms with Gasteiger partial charge in [-0.1, -0.05) is 11.6 Å². The first-order valence-electron chi connectivity index (χ1n) is 10.3. The average Bonchev–Trinajstić information content (AvgIpc) is 3.41. The summed E-state index contributed by atoms with van der Waals surface area (Å²) in [6, 6.07) is 5.30. The van der Waals surface area contributed by atoms with Gasteiger partial charge in [-0.3, -0.25) is 9.69 Å². The largest absolute Gasteiger partial charge is 0.350 e. The number of piperidine rings is 1. The minimum absolute atomic E-state index is 0.170. The van der Waals surface area contributed by atoms with E-state index in [9.17, 15) is 13.6 Å². The molecule has 2 saturated heterocycles. The number of nitrogens with one attached hydrogen (secondary N) is 1. The summed E-state index contributed by atoms with van der Waals surface area (Å²) >= 11 is 9.68. The molecule has 3 heterocycles. The standard InChI is InChI=1S/C21H25ClF2N4OS2/c1-14-19(30-13-26-14)18(27-8-5-21(23,24)6-9-27)12-25-20(29)16-4-3-15(11-17(16)22)28-7-2-10-31-28/h3-4,11,13,18H,2,5-10,12H2,1H3,(H,25,29). The van der Waals surface area contributed by atoms with Crippen LogP contribution in [0.4, 0.5) is 14.5 Å². The predicted molar refractivity (Wildman–Crippen MR) is 124 cm³/mol. The van der Waals surface area contributed by atoms with Gasteiger partial charge in [-0.25, -0.2) is 13.8 Å². The van der Waals surface area contributed by atoms with Crippen LogP contribution in [0.25, 0.3) is 0 Å². The second-order valence-electron chi connectivity index (χ2n) is 7.87. The SMILES string of the molecule is Cc1ncsc1C(CNC(=O)c1ccc(N2CCCS2)cc1Cl)N1CCC(F)(F)CC1. The summed E-state index contributed by atoms with van der Waals surface area (Å²) < 4.78 is 29.5. The Balaban J connectivity index is 1.45. The molecule has 1 aromatic carbocycles. The van der Waals surface area contributed by atoms with Gasteiger partial charge < -0.3 is 9.62 Å². The van der Waals surface area contributed by atoms with E-state index in [-0.39, 0.29) is 37.9 Å². The summed E-state index contributed by atoms with van der Waals surface area (Å²) in [5.41, 5.74) is 4.03.